The van der Waals surface area contributed by atoms with Gasteiger partial charge in [0.2, 0.25) is 5.89 Å². The number of fused-ring (bicyclic) bond motifs is 1. The molecule has 0 bridgehead atoms. The molecule has 0 saturated heterocycles. The second-order valence-corrected chi connectivity index (χ2v) is 5.44. The summed E-state index contributed by atoms with van der Waals surface area (Å²) in [6.45, 7) is 0. The first-order chi connectivity index (χ1) is 8.76. The average molecular weight is 367 g/mol. The minimum atomic E-state index is 0.651. The molecule has 4 heteroatoms. The van der Waals surface area contributed by atoms with E-state index in [2.05, 4.69) is 36.8 Å². The molecule has 0 unspecified atom stereocenters. The Hall–Kier alpha value is -1.13. The Bertz CT molecular complexity index is 706. The van der Waals surface area contributed by atoms with Crippen molar-refractivity contribution < 1.29 is 4.42 Å². The molecule has 0 radical (unpaired) electrons. The summed E-state index contributed by atoms with van der Waals surface area (Å²) in [6.07, 6.45) is 0. The standard InChI is InChI=1S/C14H9Br2NO/c15-8-9-4-5-13-12(6-9)17-14(18-13)10-2-1-3-11(16)7-10/h1-7H,8H2. The predicted molar refractivity (Wildman–Crippen MR) is 79.8 cm³/mol. The van der Waals surface area contributed by atoms with Crippen LogP contribution in [0.5, 0.6) is 0 Å². The number of hydrogen-bond donors (Lipinski definition) is 0. The summed E-state index contributed by atoms with van der Waals surface area (Å²) < 4.78 is 6.78. The van der Waals surface area contributed by atoms with Gasteiger partial charge in [0.15, 0.2) is 5.58 Å². The molecule has 0 atom stereocenters. The van der Waals surface area contributed by atoms with Crippen molar-refractivity contribution >= 4 is 43.0 Å². The SMILES string of the molecule is BrCc1ccc2oc(-c3cccc(Br)c3)nc2c1. The fourth-order valence-corrected chi connectivity index (χ4v) is 2.55. The topological polar surface area (TPSA) is 26.0 Å². The minimum Gasteiger partial charge on any atom is -0.436 e. The second-order valence-electron chi connectivity index (χ2n) is 3.97. The molecule has 18 heavy (non-hydrogen) atoms. The highest BCUT2D eigenvalue weighted by Crippen LogP contribution is 2.27. The highest BCUT2D eigenvalue weighted by molar-refractivity contribution is 9.10. The van der Waals surface area contributed by atoms with E-state index in [1.165, 1.54) is 5.56 Å². The van der Waals surface area contributed by atoms with Gasteiger partial charge in [-0.25, -0.2) is 4.98 Å². The maximum absolute atomic E-state index is 5.76. The number of nitrogens with zero attached hydrogens (tertiary/aromatic N) is 1. The monoisotopic (exact) mass is 365 g/mol. The van der Waals surface area contributed by atoms with Gasteiger partial charge in [-0.05, 0) is 35.9 Å². The fraction of sp³-hybridized carbons (Fsp3) is 0.0714. The van der Waals surface area contributed by atoms with E-state index in [-0.39, 0.29) is 0 Å². The molecule has 0 spiro atoms. The van der Waals surface area contributed by atoms with Crippen LogP contribution in [0.3, 0.4) is 0 Å². The van der Waals surface area contributed by atoms with Crippen LogP contribution in [0.25, 0.3) is 22.6 Å². The lowest BCUT2D eigenvalue weighted by atomic mass is 10.2. The van der Waals surface area contributed by atoms with Gasteiger partial charge < -0.3 is 4.42 Å². The molecule has 0 saturated carbocycles. The first kappa shape index (κ1) is 11.9. The first-order valence-electron chi connectivity index (χ1n) is 5.47. The second kappa shape index (κ2) is 4.86. The first-order valence-corrected chi connectivity index (χ1v) is 7.39. The van der Waals surface area contributed by atoms with Gasteiger partial charge in [-0.15, -0.1) is 0 Å². The van der Waals surface area contributed by atoms with Crippen LogP contribution in [0, 0.1) is 0 Å². The molecule has 0 aliphatic heterocycles. The van der Waals surface area contributed by atoms with Crippen LogP contribution in [0.4, 0.5) is 0 Å². The van der Waals surface area contributed by atoms with E-state index in [1.54, 1.807) is 0 Å². The van der Waals surface area contributed by atoms with Crippen LogP contribution in [-0.4, -0.2) is 4.98 Å². The summed E-state index contributed by atoms with van der Waals surface area (Å²) in [5.74, 6) is 0.651. The molecule has 2 aromatic carbocycles. The zero-order valence-corrected chi connectivity index (χ0v) is 12.5. The minimum absolute atomic E-state index is 0.651. The number of alkyl halides is 1. The van der Waals surface area contributed by atoms with Crippen molar-refractivity contribution in [1.82, 2.24) is 4.98 Å². The van der Waals surface area contributed by atoms with Crippen molar-refractivity contribution in [3.8, 4) is 11.5 Å². The third kappa shape index (κ3) is 2.22. The van der Waals surface area contributed by atoms with E-state index in [0.717, 1.165) is 26.5 Å². The van der Waals surface area contributed by atoms with E-state index in [4.69, 9.17) is 4.42 Å². The highest BCUT2D eigenvalue weighted by atomic mass is 79.9. The van der Waals surface area contributed by atoms with Crippen LogP contribution in [0.2, 0.25) is 0 Å². The molecular weight excluding hydrogens is 358 g/mol. The van der Waals surface area contributed by atoms with Gasteiger partial charge in [0.1, 0.15) is 5.52 Å². The Kier molecular flexibility index (Phi) is 3.22. The normalized spacial score (nSPS) is 11.0. The molecule has 1 heterocycles. The van der Waals surface area contributed by atoms with Crippen molar-refractivity contribution in [3.63, 3.8) is 0 Å². The summed E-state index contributed by atoms with van der Waals surface area (Å²) in [4.78, 5) is 4.52. The van der Waals surface area contributed by atoms with Crippen LogP contribution in [0.15, 0.2) is 51.4 Å². The fourth-order valence-electron chi connectivity index (χ4n) is 1.80. The van der Waals surface area contributed by atoms with Gasteiger partial charge in [0, 0.05) is 15.4 Å². The number of halogens is 2. The number of hydrogen-bond acceptors (Lipinski definition) is 2. The highest BCUT2D eigenvalue weighted by Gasteiger charge is 2.08. The van der Waals surface area contributed by atoms with Gasteiger partial charge in [0.05, 0.1) is 0 Å². The van der Waals surface area contributed by atoms with Gasteiger partial charge in [0.25, 0.3) is 0 Å². The van der Waals surface area contributed by atoms with Crippen LogP contribution >= 0.6 is 31.9 Å². The lowest BCUT2D eigenvalue weighted by molar-refractivity contribution is 0.620. The van der Waals surface area contributed by atoms with Crippen molar-refractivity contribution in [3.05, 3.63) is 52.5 Å². The zero-order chi connectivity index (χ0) is 12.5. The summed E-state index contributed by atoms with van der Waals surface area (Å²) in [7, 11) is 0. The van der Waals surface area contributed by atoms with Crippen LogP contribution < -0.4 is 0 Å². The zero-order valence-electron chi connectivity index (χ0n) is 9.36. The molecule has 2 nitrogen and oxygen atoms in total. The summed E-state index contributed by atoms with van der Waals surface area (Å²) in [6, 6.07) is 14.0. The Morgan fingerprint density at radius 3 is 2.78 bits per heavy atom. The van der Waals surface area contributed by atoms with E-state index in [9.17, 15) is 0 Å². The molecule has 0 aliphatic rings. The molecule has 90 valence electrons. The predicted octanol–water partition coefficient (Wildman–Crippen LogP) is 5.15. The number of oxazole rings is 1. The van der Waals surface area contributed by atoms with E-state index >= 15 is 0 Å². The largest absolute Gasteiger partial charge is 0.436 e. The lowest BCUT2D eigenvalue weighted by Gasteiger charge is -1.94. The van der Waals surface area contributed by atoms with Gasteiger partial charge in [-0.1, -0.05) is 44.0 Å². The summed E-state index contributed by atoms with van der Waals surface area (Å²) in [5, 5.41) is 0.821. The number of rotatable bonds is 2. The van der Waals surface area contributed by atoms with Gasteiger partial charge in [-0.2, -0.15) is 0 Å². The average Bonchev–Trinajstić information content (AvgIpc) is 2.81. The van der Waals surface area contributed by atoms with E-state index < -0.39 is 0 Å². The Morgan fingerprint density at radius 2 is 2.00 bits per heavy atom. The van der Waals surface area contributed by atoms with E-state index in [0.29, 0.717) is 5.89 Å². The quantitative estimate of drug-likeness (QED) is 0.586. The molecular formula is C14H9Br2NO. The van der Waals surface area contributed by atoms with Crippen LogP contribution in [0.1, 0.15) is 5.56 Å². The smallest absolute Gasteiger partial charge is 0.227 e. The van der Waals surface area contributed by atoms with Crippen LogP contribution in [-0.2, 0) is 5.33 Å². The third-order valence-electron chi connectivity index (χ3n) is 2.68. The Morgan fingerprint density at radius 1 is 1.11 bits per heavy atom. The van der Waals surface area contributed by atoms with Crippen molar-refractivity contribution in [2.45, 2.75) is 5.33 Å². The summed E-state index contributed by atoms with van der Waals surface area (Å²) in [5.41, 5.74) is 3.87. The molecule has 1 aromatic heterocycles. The lowest BCUT2D eigenvalue weighted by Crippen LogP contribution is -1.77. The Labute approximate surface area is 121 Å². The molecule has 3 rings (SSSR count). The molecule has 0 amide bonds. The molecule has 3 aromatic rings. The maximum atomic E-state index is 5.76. The van der Waals surface area contributed by atoms with Crippen molar-refractivity contribution in [2.24, 2.45) is 0 Å². The Balaban J connectivity index is 2.13. The van der Waals surface area contributed by atoms with E-state index in [1.807, 2.05) is 42.5 Å². The van der Waals surface area contributed by atoms with Gasteiger partial charge >= 0.3 is 0 Å². The molecule has 0 N–H and O–H groups in total. The molecule has 0 aliphatic carbocycles. The molecule has 0 fully saturated rings. The van der Waals surface area contributed by atoms with Crippen molar-refractivity contribution in [1.29, 1.82) is 0 Å². The maximum Gasteiger partial charge on any atom is 0.227 e. The number of benzene rings is 2. The van der Waals surface area contributed by atoms with Gasteiger partial charge in [-0.3, -0.25) is 0 Å². The summed E-state index contributed by atoms with van der Waals surface area (Å²) >= 11 is 6.89. The number of aromatic nitrogens is 1. The van der Waals surface area contributed by atoms with Crippen molar-refractivity contribution in [2.75, 3.05) is 0 Å². The third-order valence-corrected chi connectivity index (χ3v) is 3.82.